The van der Waals surface area contributed by atoms with Crippen molar-refractivity contribution in [2.24, 2.45) is 0 Å². The van der Waals surface area contributed by atoms with E-state index in [0.29, 0.717) is 12.2 Å². The largest absolute Gasteiger partial charge is 0.394 e. The number of aromatic amines is 1. The van der Waals surface area contributed by atoms with Gasteiger partial charge >= 0.3 is 5.69 Å². The lowest BCUT2D eigenvalue weighted by atomic mass is 10.1. The van der Waals surface area contributed by atoms with E-state index in [2.05, 4.69) is 4.98 Å². The van der Waals surface area contributed by atoms with E-state index in [9.17, 15) is 19.8 Å². The molecule has 1 saturated heterocycles. The molecule has 0 unspecified atom stereocenters. The number of aryl methyl sites for hydroxylation is 1. The molecule has 1 fully saturated rings. The van der Waals surface area contributed by atoms with E-state index in [0.717, 1.165) is 4.57 Å². The molecule has 1 aliphatic heterocycles. The van der Waals surface area contributed by atoms with Gasteiger partial charge in [0.1, 0.15) is 18.3 Å². The molecular weight excluding hydrogens is 296 g/mol. The van der Waals surface area contributed by atoms with Gasteiger partial charge in [0.2, 0.25) is 0 Å². The zero-order valence-electron chi connectivity index (χ0n) is 12.4. The summed E-state index contributed by atoms with van der Waals surface area (Å²) in [6.07, 6.45) is -2.46. The maximum Gasteiger partial charge on any atom is 0.330 e. The lowest BCUT2D eigenvalue weighted by molar-refractivity contribution is -0.0820. The molecule has 22 heavy (non-hydrogen) atoms. The van der Waals surface area contributed by atoms with Crippen LogP contribution in [-0.2, 0) is 14.2 Å². The van der Waals surface area contributed by atoms with Crippen molar-refractivity contribution >= 4 is 0 Å². The fourth-order valence-corrected chi connectivity index (χ4v) is 2.32. The smallest absolute Gasteiger partial charge is 0.330 e. The molecule has 1 aromatic heterocycles. The first-order valence-corrected chi connectivity index (χ1v) is 6.86. The highest BCUT2D eigenvalue weighted by Gasteiger charge is 2.45. The van der Waals surface area contributed by atoms with E-state index in [4.69, 9.17) is 14.2 Å². The summed E-state index contributed by atoms with van der Waals surface area (Å²) in [4.78, 5) is 25.6. The number of aromatic nitrogens is 2. The topological polar surface area (TPSA) is 123 Å². The summed E-state index contributed by atoms with van der Waals surface area (Å²) in [6, 6.07) is 0. The summed E-state index contributed by atoms with van der Waals surface area (Å²) in [7, 11) is 1.51. The number of aliphatic hydroxyl groups excluding tert-OH is 2. The van der Waals surface area contributed by atoms with Crippen LogP contribution in [-0.4, -0.2) is 65.0 Å². The molecule has 9 nitrogen and oxygen atoms in total. The first-order valence-electron chi connectivity index (χ1n) is 6.86. The molecule has 0 spiro atoms. The van der Waals surface area contributed by atoms with E-state index in [1.807, 2.05) is 0 Å². The molecule has 3 N–H and O–H groups in total. The van der Waals surface area contributed by atoms with Crippen LogP contribution in [0.15, 0.2) is 15.8 Å². The standard InChI is InChI=1S/C13H20N2O7/c1-7-5-15(13(19)14-11(7)18)12-10(21-4-3-20-2)9(17)8(6-16)22-12/h5,8-10,12,16-17H,3-4,6H2,1-2H3,(H,14,18,19)/t8-,9+,10-,12+/m1/s1. The van der Waals surface area contributed by atoms with Gasteiger partial charge in [0.05, 0.1) is 19.8 Å². The van der Waals surface area contributed by atoms with Crippen molar-refractivity contribution < 1.29 is 24.4 Å². The van der Waals surface area contributed by atoms with E-state index in [1.54, 1.807) is 6.92 Å². The first kappa shape index (κ1) is 16.8. The monoisotopic (exact) mass is 316 g/mol. The first-order chi connectivity index (χ1) is 10.5. The summed E-state index contributed by atoms with van der Waals surface area (Å²) in [5, 5.41) is 19.4. The van der Waals surface area contributed by atoms with Crippen LogP contribution < -0.4 is 11.2 Å². The molecule has 0 bridgehead atoms. The number of rotatable bonds is 6. The van der Waals surface area contributed by atoms with Crippen LogP contribution in [0.25, 0.3) is 0 Å². The Labute approximate surface area is 126 Å². The van der Waals surface area contributed by atoms with Crippen LogP contribution in [0.3, 0.4) is 0 Å². The Bertz CT molecular complexity index is 611. The minimum atomic E-state index is -1.11. The van der Waals surface area contributed by atoms with Crippen LogP contribution in [0.2, 0.25) is 0 Å². The summed E-state index contributed by atoms with van der Waals surface area (Å²) in [6.45, 7) is 1.62. The zero-order chi connectivity index (χ0) is 16.3. The van der Waals surface area contributed by atoms with Gasteiger partial charge < -0.3 is 24.4 Å². The number of ether oxygens (including phenoxy) is 3. The molecule has 2 heterocycles. The van der Waals surface area contributed by atoms with Crippen molar-refractivity contribution in [2.75, 3.05) is 26.9 Å². The number of hydrogen-bond acceptors (Lipinski definition) is 7. The summed E-state index contributed by atoms with van der Waals surface area (Å²) in [5.74, 6) is 0. The van der Waals surface area contributed by atoms with Crippen molar-refractivity contribution in [2.45, 2.75) is 31.5 Å². The van der Waals surface area contributed by atoms with Gasteiger partial charge in [-0.25, -0.2) is 4.79 Å². The Kier molecular flexibility index (Phi) is 5.48. The Morgan fingerprint density at radius 3 is 2.77 bits per heavy atom. The average molecular weight is 316 g/mol. The Morgan fingerprint density at radius 2 is 2.14 bits per heavy atom. The van der Waals surface area contributed by atoms with Crippen molar-refractivity contribution in [1.82, 2.24) is 9.55 Å². The van der Waals surface area contributed by atoms with Crippen molar-refractivity contribution in [1.29, 1.82) is 0 Å². The number of aliphatic hydroxyl groups is 2. The number of nitrogens with zero attached hydrogens (tertiary/aromatic N) is 1. The normalized spacial score (nSPS) is 28.2. The summed E-state index contributed by atoms with van der Waals surface area (Å²) >= 11 is 0. The van der Waals surface area contributed by atoms with Gasteiger partial charge in [0.25, 0.3) is 5.56 Å². The third-order valence-electron chi connectivity index (χ3n) is 3.51. The molecule has 0 amide bonds. The molecule has 4 atom stereocenters. The van der Waals surface area contributed by atoms with Crippen LogP contribution in [0.5, 0.6) is 0 Å². The summed E-state index contributed by atoms with van der Waals surface area (Å²) < 4.78 is 17.0. The molecule has 0 aliphatic carbocycles. The predicted octanol–water partition coefficient (Wildman–Crippen LogP) is -1.87. The molecule has 0 saturated carbocycles. The second kappa shape index (κ2) is 7.16. The van der Waals surface area contributed by atoms with Gasteiger partial charge in [0, 0.05) is 18.9 Å². The fourth-order valence-electron chi connectivity index (χ4n) is 2.32. The van der Waals surface area contributed by atoms with Crippen molar-refractivity contribution in [3.05, 3.63) is 32.6 Å². The second-order valence-electron chi connectivity index (χ2n) is 5.05. The van der Waals surface area contributed by atoms with Crippen LogP contribution in [0.4, 0.5) is 0 Å². The Morgan fingerprint density at radius 1 is 1.41 bits per heavy atom. The maximum atomic E-state index is 12.0. The maximum absolute atomic E-state index is 12.0. The highest BCUT2D eigenvalue weighted by atomic mass is 16.6. The van der Waals surface area contributed by atoms with Gasteiger partial charge in [-0.05, 0) is 6.92 Å². The quantitative estimate of drug-likeness (QED) is 0.525. The highest BCUT2D eigenvalue weighted by molar-refractivity contribution is 5.03. The van der Waals surface area contributed by atoms with Gasteiger partial charge in [0.15, 0.2) is 6.23 Å². The van der Waals surface area contributed by atoms with Gasteiger partial charge in [-0.2, -0.15) is 0 Å². The third kappa shape index (κ3) is 3.28. The van der Waals surface area contributed by atoms with E-state index < -0.39 is 42.4 Å². The second-order valence-corrected chi connectivity index (χ2v) is 5.05. The average Bonchev–Trinajstić information content (AvgIpc) is 2.80. The zero-order valence-corrected chi connectivity index (χ0v) is 12.4. The van der Waals surface area contributed by atoms with Crippen molar-refractivity contribution in [3.63, 3.8) is 0 Å². The number of H-pyrrole nitrogens is 1. The Balaban J connectivity index is 2.31. The van der Waals surface area contributed by atoms with Crippen LogP contribution in [0, 0.1) is 6.92 Å². The van der Waals surface area contributed by atoms with Gasteiger partial charge in [-0.1, -0.05) is 0 Å². The minimum absolute atomic E-state index is 0.188. The summed E-state index contributed by atoms with van der Waals surface area (Å²) in [5.41, 5.74) is -0.845. The lowest BCUT2D eigenvalue weighted by Crippen LogP contribution is -2.40. The van der Waals surface area contributed by atoms with Crippen LogP contribution in [0.1, 0.15) is 11.8 Å². The predicted molar refractivity (Wildman–Crippen MR) is 74.7 cm³/mol. The molecule has 1 aromatic rings. The third-order valence-corrected chi connectivity index (χ3v) is 3.51. The number of methoxy groups -OCH3 is 1. The van der Waals surface area contributed by atoms with Gasteiger partial charge in [-0.3, -0.25) is 14.3 Å². The Hall–Kier alpha value is -1.52. The molecule has 1 aliphatic rings. The van der Waals surface area contributed by atoms with E-state index in [1.165, 1.54) is 13.3 Å². The van der Waals surface area contributed by atoms with E-state index in [-0.39, 0.29) is 6.61 Å². The molecule has 9 heteroatoms. The molecular formula is C13H20N2O7. The molecule has 0 aromatic carbocycles. The number of nitrogens with one attached hydrogen (secondary N) is 1. The SMILES string of the molecule is COCCO[C@@H]1[C@@H](O)[C@@H](CO)O[C@@H]1n1cc(C)c(=O)[nH]c1=O. The fraction of sp³-hybridized carbons (Fsp3) is 0.692. The molecule has 0 radical (unpaired) electrons. The minimum Gasteiger partial charge on any atom is -0.394 e. The van der Waals surface area contributed by atoms with E-state index >= 15 is 0 Å². The number of hydrogen-bond donors (Lipinski definition) is 3. The highest BCUT2D eigenvalue weighted by Crippen LogP contribution is 2.30. The molecule has 2 rings (SSSR count). The van der Waals surface area contributed by atoms with Crippen LogP contribution >= 0.6 is 0 Å². The lowest BCUT2D eigenvalue weighted by Gasteiger charge is -2.22. The molecule has 124 valence electrons. The van der Waals surface area contributed by atoms with Gasteiger partial charge in [-0.15, -0.1) is 0 Å². The van der Waals surface area contributed by atoms with Crippen molar-refractivity contribution in [3.8, 4) is 0 Å².